The van der Waals surface area contributed by atoms with Crippen LogP contribution in [0.3, 0.4) is 0 Å². The van der Waals surface area contributed by atoms with Crippen LogP contribution in [0.1, 0.15) is 11.1 Å². The zero-order chi connectivity index (χ0) is 16.8. The van der Waals surface area contributed by atoms with E-state index in [2.05, 4.69) is 15.3 Å². The summed E-state index contributed by atoms with van der Waals surface area (Å²) in [5.74, 6) is 1.24. The van der Waals surface area contributed by atoms with Gasteiger partial charge in [0.2, 0.25) is 0 Å². The summed E-state index contributed by atoms with van der Waals surface area (Å²) in [5.41, 5.74) is 1.75. The van der Waals surface area contributed by atoms with Crippen molar-refractivity contribution in [3.63, 3.8) is 0 Å². The molecule has 0 aliphatic heterocycles. The fraction of sp³-hybridized carbons (Fsp3) is 0.118. The minimum atomic E-state index is 0.369. The van der Waals surface area contributed by atoms with Crippen molar-refractivity contribution in [2.45, 2.75) is 6.61 Å². The monoisotopic (exact) mass is 342 g/mol. The summed E-state index contributed by atoms with van der Waals surface area (Å²) in [4.78, 5) is 0. The number of halogens is 1. The van der Waals surface area contributed by atoms with Crippen molar-refractivity contribution in [1.82, 2.24) is 14.9 Å². The van der Waals surface area contributed by atoms with E-state index >= 15 is 0 Å². The molecule has 0 spiro atoms. The zero-order valence-electron chi connectivity index (χ0n) is 13.0. The van der Waals surface area contributed by atoms with E-state index in [0.717, 1.165) is 11.1 Å². The standard InChI is InChI=1S/C17H15ClN4O2/c1-23-16-7-3-5-14(9-21-22-11-19-20-12-22)17(16)24-10-13-4-2-6-15(18)8-13/h2-9,11-12H,10H2,1H3/b21-9+. The molecule has 0 N–H and O–H groups in total. The van der Waals surface area contributed by atoms with Gasteiger partial charge in [-0.2, -0.15) is 5.10 Å². The number of benzene rings is 2. The fourth-order valence-electron chi connectivity index (χ4n) is 2.12. The number of rotatable bonds is 6. The molecule has 7 heteroatoms. The Bertz CT molecular complexity index is 834. The highest BCUT2D eigenvalue weighted by molar-refractivity contribution is 6.30. The summed E-state index contributed by atoms with van der Waals surface area (Å²) in [7, 11) is 1.60. The van der Waals surface area contributed by atoms with E-state index in [1.165, 1.54) is 17.3 Å². The zero-order valence-corrected chi connectivity index (χ0v) is 13.7. The largest absolute Gasteiger partial charge is 0.493 e. The first kappa shape index (κ1) is 16.0. The Morgan fingerprint density at radius 1 is 1.17 bits per heavy atom. The summed E-state index contributed by atoms with van der Waals surface area (Å²) in [6, 6.07) is 13.1. The van der Waals surface area contributed by atoms with E-state index in [1.54, 1.807) is 13.3 Å². The van der Waals surface area contributed by atoms with Crippen molar-refractivity contribution < 1.29 is 9.47 Å². The van der Waals surface area contributed by atoms with Gasteiger partial charge in [-0.25, -0.2) is 4.68 Å². The third-order valence-corrected chi connectivity index (χ3v) is 3.47. The third kappa shape index (κ3) is 3.91. The maximum atomic E-state index is 6.01. The molecule has 3 aromatic rings. The molecule has 1 aromatic heterocycles. The topological polar surface area (TPSA) is 61.5 Å². The van der Waals surface area contributed by atoms with Crippen LogP contribution in [0.4, 0.5) is 0 Å². The summed E-state index contributed by atoms with van der Waals surface area (Å²) in [6.07, 6.45) is 4.67. The van der Waals surface area contributed by atoms with Gasteiger partial charge < -0.3 is 9.47 Å². The second-order valence-corrected chi connectivity index (χ2v) is 5.32. The van der Waals surface area contributed by atoms with Crippen LogP contribution >= 0.6 is 11.6 Å². The van der Waals surface area contributed by atoms with E-state index in [4.69, 9.17) is 21.1 Å². The lowest BCUT2D eigenvalue weighted by Gasteiger charge is -2.13. The molecule has 0 amide bonds. The first-order valence-corrected chi connectivity index (χ1v) is 7.57. The quantitative estimate of drug-likeness (QED) is 0.644. The number of para-hydroxylation sites is 1. The Balaban J connectivity index is 1.84. The molecule has 0 aliphatic carbocycles. The van der Waals surface area contributed by atoms with E-state index < -0.39 is 0 Å². The molecule has 0 fully saturated rings. The molecule has 1 heterocycles. The average molecular weight is 343 g/mol. The molecular formula is C17H15ClN4O2. The summed E-state index contributed by atoms with van der Waals surface area (Å²) >= 11 is 6.01. The molecule has 0 saturated carbocycles. The van der Waals surface area contributed by atoms with Gasteiger partial charge in [-0.05, 0) is 29.8 Å². The highest BCUT2D eigenvalue weighted by atomic mass is 35.5. The number of aromatic nitrogens is 3. The van der Waals surface area contributed by atoms with E-state index in [1.807, 2.05) is 42.5 Å². The van der Waals surface area contributed by atoms with Gasteiger partial charge in [-0.3, -0.25) is 0 Å². The van der Waals surface area contributed by atoms with Crippen molar-refractivity contribution in [2.75, 3.05) is 7.11 Å². The molecule has 0 saturated heterocycles. The minimum absolute atomic E-state index is 0.369. The first-order chi connectivity index (χ1) is 11.8. The molecular weight excluding hydrogens is 328 g/mol. The number of nitrogens with zero attached hydrogens (tertiary/aromatic N) is 4. The van der Waals surface area contributed by atoms with Gasteiger partial charge in [0, 0.05) is 10.6 Å². The molecule has 24 heavy (non-hydrogen) atoms. The average Bonchev–Trinajstić information content (AvgIpc) is 3.12. The molecule has 0 bridgehead atoms. The number of ether oxygens (including phenoxy) is 2. The molecule has 0 aliphatic rings. The smallest absolute Gasteiger partial charge is 0.170 e. The van der Waals surface area contributed by atoms with Gasteiger partial charge in [0.15, 0.2) is 11.5 Å². The van der Waals surface area contributed by atoms with Crippen LogP contribution < -0.4 is 9.47 Å². The van der Waals surface area contributed by atoms with Gasteiger partial charge in [0.25, 0.3) is 0 Å². The molecule has 2 aromatic carbocycles. The van der Waals surface area contributed by atoms with Crippen LogP contribution in [0.5, 0.6) is 11.5 Å². The Labute approximate surface area is 144 Å². The second kappa shape index (κ2) is 7.61. The summed E-state index contributed by atoms with van der Waals surface area (Å²) in [6.45, 7) is 0.369. The van der Waals surface area contributed by atoms with Gasteiger partial charge >= 0.3 is 0 Å². The first-order valence-electron chi connectivity index (χ1n) is 7.19. The number of methoxy groups -OCH3 is 1. The van der Waals surface area contributed by atoms with Gasteiger partial charge in [-0.15, -0.1) is 10.2 Å². The number of hydrogen-bond acceptors (Lipinski definition) is 5. The highest BCUT2D eigenvalue weighted by Crippen LogP contribution is 2.31. The highest BCUT2D eigenvalue weighted by Gasteiger charge is 2.10. The van der Waals surface area contributed by atoms with Crippen LogP contribution in [0.15, 0.2) is 60.2 Å². The van der Waals surface area contributed by atoms with Crippen LogP contribution in [0, 0.1) is 0 Å². The Kier molecular flexibility index (Phi) is 5.08. The molecule has 0 unspecified atom stereocenters. The predicted molar refractivity (Wildman–Crippen MR) is 91.8 cm³/mol. The second-order valence-electron chi connectivity index (χ2n) is 4.88. The van der Waals surface area contributed by atoms with Crippen molar-refractivity contribution in [3.05, 3.63) is 71.3 Å². The lowest BCUT2D eigenvalue weighted by atomic mass is 10.2. The van der Waals surface area contributed by atoms with Gasteiger partial charge in [-0.1, -0.05) is 29.8 Å². The molecule has 6 nitrogen and oxygen atoms in total. The molecule has 122 valence electrons. The van der Waals surface area contributed by atoms with E-state index in [9.17, 15) is 0 Å². The van der Waals surface area contributed by atoms with Crippen molar-refractivity contribution in [1.29, 1.82) is 0 Å². The van der Waals surface area contributed by atoms with Crippen LogP contribution in [-0.2, 0) is 6.61 Å². The predicted octanol–water partition coefficient (Wildman–Crippen LogP) is 3.40. The maximum absolute atomic E-state index is 6.01. The van der Waals surface area contributed by atoms with Gasteiger partial charge in [0.1, 0.15) is 19.3 Å². The van der Waals surface area contributed by atoms with Crippen molar-refractivity contribution >= 4 is 17.8 Å². The van der Waals surface area contributed by atoms with Crippen LogP contribution in [0.2, 0.25) is 5.02 Å². The molecule has 0 atom stereocenters. The van der Waals surface area contributed by atoms with Gasteiger partial charge in [0.05, 0.1) is 13.3 Å². The van der Waals surface area contributed by atoms with Crippen molar-refractivity contribution in [3.8, 4) is 11.5 Å². The fourth-order valence-corrected chi connectivity index (χ4v) is 2.33. The van der Waals surface area contributed by atoms with Crippen molar-refractivity contribution in [2.24, 2.45) is 5.10 Å². The van der Waals surface area contributed by atoms with E-state index in [0.29, 0.717) is 23.1 Å². The molecule has 3 rings (SSSR count). The maximum Gasteiger partial charge on any atom is 0.170 e. The Morgan fingerprint density at radius 2 is 1.96 bits per heavy atom. The lowest BCUT2D eigenvalue weighted by Crippen LogP contribution is -2.01. The summed E-state index contributed by atoms with van der Waals surface area (Å²) < 4.78 is 12.8. The van der Waals surface area contributed by atoms with E-state index in [-0.39, 0.29) is 0 Å². The van der Waals surface area contributed by atoms with Crippen LogP contribution in [0.25, 0.3) is 0 Å². The van der Waals surface area contributed by atoms with Crippen LogP contribution in [-0.4, -0.2) is 28.2 Å². The normalized spacial score (nSPS) is 10.9. The minimum Gasteiger partial charge on any atom is -0.493 e. The Hall–Kier alpha value is -2.86. The number of hydrogen-bond donors (Lipinski definition) is 0. The SMILES string of the molecule is COc1cccc(/C=N/n2cnnc2)c1OCc1cccc(Cl)c1. The Morgan fingerprint density at radius 3 is 2.71 bits per heavy atom. The molecule has 0 radical (unpaired) electrons. The third-order valence-electron chi connectivity index (χ3n) is 3.24. The summed E-state index contributed by atoms with van der Waals surface area (Å²) in [5, 5.41) is 12.3. The lowest BCUT2D eigenvalue weighted by molar-refractivity contribution is 0.284.